The van der Waals surface area contributed by atoms with Gasteiger partial charge in [-0.05, 0) is 31.6 Å². The molecule has 0 spiro atoms. The van der Waals surface area contributed by atoms with Gasteiger partial charge in [-0.1, -0.05) is 13.3 Å². The Morgan fingerprint density at radius 3 is 2.24 bits per heavy atom. The molecule has 0 amide bonds. The summed E-state index contributed by atoms with van der Waals surface area (Å²) in [5.41, 5.74) is -6.04. The van der Waals surface area contributed by atoms with Gasteiger partial charge in [0.2, 0.25) is 0 Å². The first-order valence-corrected chi connectivity index (χ1v) is 8.28. The van der Waals surface area contributed by atoms with E-state index in [0.29, 0.717) is 12.8 Å². The average molecular weight is 372 g/mol. The first kappa shape index (κ1) is 18.5. The number of hydrogen-bond acceptors (Lipinski definition) is 3. The number of esters is 1. The number of carbonyl (C=O) groups is 2. The fraction of sp³-hybridized carbons (Fsp3) is 0.875. The van der Waals surface area contributed by atoms with Crippen molar-refractivity contribution in [1.29, 1.82) is 0 Å². The van der Waals surface area contributed by atoms with E-state index in [2.05, 4.69) is 4.74 Å². The minimum Gasteiger partial charge on any atom is -0.439 e. The van der Waals surface area contributed by atoms with Crippen LogP contribution >= 0.6 is 0 Å². The molecule has 3 nitrogen and oxygen atoms in total. The van der Waals surface area contributed by atoms with E-state index >= 15 is 0 Å². The Morgan fingerprint density at radius 1 is 1.12 bits per heavy atom. The number of halogens is 6. The van der Waals surface area contributed by atoms with Crippen LogP contribution in [-0.4, -0.2) is 29.7 Å². The number of hydrogen-bond donors (Lipinski definition) is 0. The maximum absolute atomic E-state index is 13.3. The molecule has 142 valence electrons. The quantitative estimate of drug-likeness (QED) is 0.549. The van der Waals surface area contributed by atoms with Crippen LogP contribution in [-0.2, 0) is 14.3 Å². The van der Waals surface area contributed by atoms with Crippen molar-refractivity contribution in [3.8, 4) is 0 Å². The van der Waals surface area contributed by atoms with E-state index in [-0.39, 0.29) is 24.5 Å². The molecule has 4 bridgehead atoms. The van der Waals surface area contributed by atoms with E-state index in [0.717, 1.165) is 6.92 Å². The zero-order valence-electron chi connectivity index (χ0n) is 13.5. The summed E-state index contributed by atoms with van der Waals surface area (Å²) in [6, 6.07) is 0. The third-order valence-corrected chi connectivity index (χ3v) is 6.05. The molecule has 0 aromatic heterocycles. The lowest BCUT2D eigenvalue weighted by atomic mass is 9.75. The van der Waals surface area contributed by atoms with Gasteiger partial charge < -0.3 is 4.74 Å². The molecule has 0 saturated heterocycles. The highest BCUT2D eigenvalue weighted by molar-refractivity contribution is 5.96. The number of ketones is 1. The number of Topliss-reactive ketones (excluding diaryl/α,β-unsaturated/α-hetero) is 1. The Bertz CT molecular complexity index is 582. The van der Waals surface area contributed by atoms with Crippen molar-refractivity contribution in [3.05, 3.63) is 0 Å². The van der Waals surface area contributed by atoms with Crippen molar-refractivity contribution in [2.24, 2.45) is 23.2 Å². The molecule has 4 aliphatic rings. The second-order valence-electron chi connectivity index (χ2n) is 7.52. The summed E-state index contributed by atoms with van der Waals surface area (Å²) in [4.78, 5) is 24.7. The van der Waals surface area contributed by atoms with Crippen LogP contribution in [0.3, 0.4) is 0 Å². The molecule has 0 heterocycles. The predicted octanol–water partition coefficient (Wildman–Crippen LogP) is 4.20. The topological polar surface area (TPSA) is 43.4 Å². The standard InChI is InChI=1S/C16H18F6O3/c1-2-3-14(15(17,18)19,16(20,21)22)25-12(24)13-6-8-4-9(7-13)11(23)10(13)5-8/h8-10H,2-7H2,1H3. The fourth-order valence-electron chi connectivity index (χ4n) is 5.05. The van der Waals surface area contributed by atoms with Crippen LogP contribution in [0.4, 0.5) is 26.3 Å². The van der Waals surface area contributed by atoms with Gasteiger partial charge in [0.15, 0.2) is 0 Å². The lowest BCUT2D eigenvalue weighted by molar-refractivity contribution is -0.373. The molecule has 4 fully saturated rings. The first-order valence-electron chi connectivity index (χ1n) is 8.28. The molecule has 0 aromatic carbocycles. The van der Waals surface area contributed by atoms with Crippen LogP contribution in [0.2, 0.25) is 0 Å². The van der Waals surface area contributed by atoms with Crippen LogP contribution in [0.25, 0.3) is 0 Å². The van der Waals surface area contributed by atoms with Crippen molar-refractivity contribution in [2.75, 3.05) is 0 Å². The Labute approximate surface area is 140 Å². The molecular weight excluding hydrogens is 354 g/mol. The lowest BCUT2D eigenvalue weighted by Gasteiger charge is -2.39. The van der Waals surface area contributed by atoms with Gasteiger partial charge in [-0.25, -0.2) is 0 Å². The molecule has 0 aromatic rings. The smallest absolute Gasteiger partial charge is 0.437 e. The predicted molar refractivity (Wildman–Crippen MR) is 72.2 cm³/mol. The van der Waals surface area contributed by atoms with Gasteiger partial charge in [0.25, 0.3) is 0 Å². The lowest BCUT2D eigenvalue weighted by Crippen LogP contribution is -2.61. The largest absolute Gasteiger partial charge is 0.439 e. The number of alkyl halides is 6. The molecular formula is C16H18F6O3. The van der Waals surface area contributed by atoms with Crippen molar-refractivity contribution < 1.29 is 40.7 Å². The van der Waals surface area contributed by atoms with Crippen molar-refractivity contribution >= 4 is 11.8 Å². The fourth-order valence-corrected chi connectivity index (χ4v) is 5.05. The molecule has 4 saturated carbocycles. The van der Waals surface area contributed by atoms with Gasteiger partial charge in [-0.2, -0.15) is 26.3 Å². The third kappa shape index (κ3) is 2.40. The maximum atomic E-state index is 13.3. The highest BCUT2D eigenvalue weighted by Crippen LogP contribution is 2.65. The van der Waals surface area contributed by atoms with Gasteiger partial charge in [-0.15, -0.1) is 0 Å². The van der Waals surface area contributed by atoms with Gasteiger partial charge in [0, 0.05) is 18.3 Å². The number of ether oxygens (including phenoxy) is 1. The summed E-state index contributed by atoms with van der Waals surface area (Å²) >= 11 is 0. The highest BCUT2D eigenvalue weighted by atomic mass is 19.4. The molecule has 4 atom stereocenters. The Balaban J connectivity index is 1.96. The Hall–Kier alpha value is -1.28. The van der Waals surface area contributed by atoms with Crippen molar-refractivity contribution in [2.45, 2.75) is 63.4 Å². The molecule has 4 rings (SSSR count). The number of rotatable bonds is 4. The third-order valence-electron chi connectivity index (χ3n) is 6.05. The van der Waals surface area contributed by atoms with Gasteiger partial charge in [0.1, 0.15) is 5.78 Å². The van der Waals surface area contributed by atoms with Crippen LogP contribution in [0.5, 0.6) is 0 Å². The highest BCUT2D eigenvalue weighted by Gasteiger charge is 2.75. The monoisotopic (exact) mass is 372 g/mol. The summed E-state index contributed by atoms with van der Waals surface area (Å²) in [6.07, 6.45) is -12.4. The van der Waals surface area contributed by atoms with E-state index in [9.17, 15) is 35.9 Å². The van der Waals surface area contributed by atoms with Gasteiger partial charge >= 0.3 is 23.9 Å². The minimum absolute atomic E-state index is 0.00372. The van der Waals surface area contributed by atoms with Crippen molar-refractivity contribution in [3.63, 3.8) is 0 Å². The van der Waals surface area contributed by atoms with E-state index in [1.807, 2.05) is 0 Å². The van der Waals surface area contributed by atoms with Crippen LogP contribution < -0.4 is 0 Å². The molecule has 0 radical (unpaired) electrons. The summed E-state index contributed by atoms with van der Waals surface area (Å²) in [6.45, 7) is 1.16. The maximum Gasteiger partial charge on any atom is 0.437 e. The van der Waals surface area contributed by atoms with Gasteiger partial charge in [-0.3, -0.25) is 9.59 Å². The molecule has 0 N–H and O–H groups in total. The molecule has 4 aliphatic carbocycles. The zero-order valence-corrected chi connectivity index (χ0v) is 13.5. The number of carbonyl (C=O) groups excluding carboxylic acids is 2. The second kappa shape index (κ2) is 5.36. The zero-order chi connectivity index (χ0) is 18.8. The molecule has 4 unspecified atom stereocenters. The first-order chi connectivity index (χ1) is 11.4. The average Bonchev–Trinajstić information content (AvgIpc) is 2.83. The Kier molecular flexibility index (Phi) is 3.97. The van der Waals surface area contributed by atoms with E-state index in [1.165, 1.54) is 0 Å². The summed E-state index contributed by atoms with van der Waals surface area (Å²) in [7, 11) is 0. The van der Waals surface area contributed by atoms with E-state index < -0.39 is 54.0 Å². The SMILES string of the molecule is CCCC(OC(=O)C12CC3CC(C1)C(=O)C2C3)(C(F)(F)F)C(F)(F)F. The van der Waals surface area contributed by atoms with E-state index in [1.54, 1.807) is 0 Å². The van der Waals surface area contributed by atoms with E-state index in [4.69, 9.17) is 0 Å². The summed E-state index contributed by atoms with van der Waals surface area (Å²) in [5.74, 6) is -2.98. The normalized spacial score (nSPS) is 34.7. The molecule has 25 heavy (non-hydrogen) atoms. The van der Waals surface area contributed by atoms with Crippen LogP contribution in [0.15, 0.2) is 0 Å². The second-order valence-corrected chi connectivity index (χ2v) is 7.52. The van der Waals surface area contributed by atoms with Crippen molar-refractivity contribution in [1.82, 2.24) is 0 Å². The molecule has 9 heteroatoms. The minimum atomic E-state index is -5.78. The van der Waals surface area contributed by atoms with Gasteiger partial charge in [0.05, 0.1) is 5.41 Å². The summed E-state index contributed by atoms with van der Waals surface area (Å²) in [5, 5.41) is 0. The Morgan fingerprint density at radius 2 is 1.72 bits per heavy atom. The molecule has 0 aliphatic heterocycles. The summed E-state index contributed by atoms with van der Waals surface area (Å²) < 4.78 is 84.3. The van der Waals surface area contributed by atoms with Crippen LogP contribution in [0, 0.1) is 23.2 Å². The van der Waals surface area contributed by atoms with Crippen LogP contribution in [0.1, 0.15) is 45.4 Å².